The van der Waals surface area contributed by atoms with Gasteiger partial charge in [0.05, 0.1) is 115 Å². The number of methoxy groups -OCH3 is 3. The molecular formula is C67H71N9O15S5. The molecule has 0 aliphatic heterocycles. The Kier molecular flexibility index (Phi) is 21.3. The Labute approximate surface area is 561 Å². The molecule has 0 radical (unpaired) electrons. The molecule has 12 rings (SSSR count). The third kappa shape index (κ3) is 15.5. The van der Waals surface area contributed by atoms with Crippen LogP contribution in [0.4, 0.5) is 0 Å². The van der Waals surface area contributed by atoms with Gasteiger partial charge in [-0.25, -0.2) is 49.3 Å². The molecular weight excluding hydrogens is 1330 g/mol. The third-order valence-corrected chi connectivity index (χ3v) is 19.8. The Morgan fingerprint density at radius 1 is 0.458 bits per heavy atom. The Balaban J connectivity index is 0.000000157. The van der Waals surface area contributed by atoms with Crippen LogP contribution in [0.25, 0.3) is 59.8 Å². The molecule has 96 heavy (non-hydrogen) atoms. The fraction of sp³-hybridized carbons (Fsp3) is 0.269. The zero-order valence-electron chi connectivity index (χ0n) is 53.8. The van der Waals surface area contributed by atoms with Crippen LogP contribution in [-0.4, -0.2) is 146 Å². The van der Waals surface area contributed by atoms with E-state index in [4.69, 9.17) is 28.4 Å². The van der Waals surface area contributed by atoms with Crippen molar-refractivity contribution in [2.24, 2.45) is 0 Å². The van der Waals surface area contributed by atoms with Gasteiger partial charge < -0.3 is 43.4 Å². The summed E-state index contributed by atoms with van der Waals surface area (Å²) in [4.78, 5) is 53.5. The topological polar surface area (TPSA) is 302 Å². The largest absolute Gasteiger partial charge is 0.493 e. The average molecular weight is 1400 g/mol. The zero-order valence-corrected chi connectivity index (χ0v) is 57.9. The summed E-state index contributed by atoms with van der Waals surface area (Å²) < 4.78 is 113. The minimum atomic E-state index is -3.44. The highest BCUT2D eigenvalue weighted by Gasteiger charge is 2.30. The number of aromatic amines is 3. The van der Waals surface area contributed by atoms with E-state index in [2.05, 4.69) is 25.0 Å². The second kappa shape index (κ2) is 29.5. The molecule has 6 aromatic carbocycles. The van der Waals surface area contributed by atoms with Gasteiger partial charge >= 0.3 is 17.1 Å². The molecule has 0 bridgehead atoms. The predicted octanol–water partition coefficient (Wildman–Crippen LogP) is 10.2. The number of thiazole rings is 1. The number of fused-ring (bicyclic) bond motifs is 3. The number of ether oxygens (including phenoxy) is 6. The van der Waals surface area contributed by atoms with Crippen LogP contribution in [0.2, 0.25) is 0 Å². The summed E-state index contributed by atoms with van der Waals surface area (Å²) in [5.74, 6) is 2.33. The lowest BCUT2D eigenvalue weighted by atomic mass is 10.1. The van der Waals surface area contributed by atoms with E-state index in [1.54, 1.807) is 121 Å². The van der Waals surface area contributed by atoms with Gasteiger partial charge in [0, 0.05) is 58.7 Å². The van der Waals surface area contributed by atoms with Gasteiger partial charge in [0.25, 0.3) is 0 Å². The van der Waals surface area contributed by atoms with Gasteiger partial charge in [-0.1, -0.05) is 48.5 Å². The summed E-state index contributed by atoms with van der Waals surface area (Å²) in [6, 6.07) is 35.7. The molecule has 504 valence electrons. The molecule has 0 saturated carbocycles. The second-order valence-corrected chi connectivity index (χ2v) is 30.5. The van der Waals surface area contributed by atoms with Crippen LogP contribution in [0.15, 0.2) is 171 Å². The summed E-state index contributed by atoms with van der Waals surface area (Å²) in [7, 11) is -5.68. The molecule has 6 heterocycles. The first-order valence-corrected chi connectivity index (χ1v) is 38.0. The maximum atomic E-state index is 13.2. The Morgan fingerprint density at radius 2 is 0.875 bits per heavy atom. The third-order valence-electron chi connectivity index (χ3n) is 15.4. The van der Waals surface area contributed by atoms with E-state index < -0.39 is 59.0 Å². The molecule has 0 unspecified atom stereocenters. The molecule has 3 N–H and O–H groups in total. The van der Waals surface area contributed by atoms with Crippen molar-refractivity contribution in [2.45, 2.75) is 38.9 Å². The van der Waals surface area contributed by atoms with E-state index in [1.165, 1.54) is 45.5 Å². The highest BCUT2D eigenvalue weighted by molar-refractivity contribution is 7.91. The van der Waals surface area contributed by atoms with Crippen LogP contribution in [0.5, 0.6) is 34.5 Å². The number of imidazole rings is 3. The van der Waals surface area contributed by atoms with Crippen molar-refractivity contribution in [3.63, 3.8) is 0 Å². The molecule has 0 amide bonds. The lowest BCUT2D eigenvalue weighted by Gasteiger charge is -2.20. The average Bonchev–Trinajstić information content (AvgIpc) is 1.60. The fourth-order valence-corrected chi connectivity index (χ4v) is 15.6. The monoisotopic (exact) mass is 1400 g/mol. The van der Waals surface area contributed by atoms with Gasteiger partial charge in [-0.2, -0.15) is 5.10 Å². The van der Waals surface area contributed by atoms with E-state index in [0.29, 0.717) is 110 Å². The maximum Gasteiger partial charge on any atom is 0.327 e. The lowest BCUT2D eigenvalue weighted by Crippen LogP contribution is -2.28. The number of H-pyrrole nitrogens is 3. The van der Waals surface area contributed by atoms with Gasteiger partial charge in [0.2, 0.25) is 0 Å². The first kappa shape index (κ1) is 69.2. The second-order valence-electron chi connectivity index (χ2n) is 22.1. The molecule has 0 saturated heterocycles. The summed E-state index contributed by atoms with van der Waals surface area (Å²) in [5, 5.41) is 8.86. The van der Waals surface area contributed by atoms with Gasteiger partial charge in [-0.3, -0.25) is 13.7 Å². The number of nitrogens with zero attached hydrogens (tertiary/aromatic N) is 6. The van der Waals surface area contributed by atoms with Gasteiger partial charge in [-0.05, 0) is 122 Å². The quantitative estimate of drug-likeness (QED) is 0.0506. The van der Waals surface area contributed by atoms with Crippen molar-refractivity contribution >= 4 is 85.3 Å². The van der Waals surface area contributed by atoms with Gasteiger partial charge in [0.1, 0.15) is 34.5 Å². The predicted molar refractivity (Wildman–Crippen MR) is 375 cm³/mol. The molecule has 0 aliphatic rings. The van der Waals surface area contributed by atoms with Crippen LogP contribution in [0.3, 0.4) is 0 Å². The zero-order chi connectivity index (χ0) is 68.6. The molecule has 6 aromatic heterocycles. The number of benzene rings is 6. The van der Waals surface area contributed by atoms with Crippen molar-refractivity contribution in [3.8, 4) is 61.2 Å². The number of hydrogen-bond donors (Lipinski definition) is 3. The van der Waals surface area contributed by atoms with Crippen molar-refractivity contribution in [3.05, 3.63) is 205 Å². The first-order chi connectivity index (χ1) is 46.0. The fourth-order valence-electron chi connectivity index (χ4n) is 11.5. The van der Waals surface area contributed by atoms with Crippen LogP contribution >= 0.6 is 22.7 Å². The molecule has 12 aromatic rings. The first-order valence-electron chi connectivity index (χ1n) is 30.0. The number of aromatic nitrogens is 9. The highest BCUT2D eigenvalue weighted by Crippen LogP contribution is 2.39. The van der Waals surface area contributed by atoms with E-state index in [1.807, 2.05) is 80.1 Å². The van der Waals surface area contributed by atoms with Gasteiger partial charge in [0.15, 0.2) is 34.5 Å². The summed E-state index contributed by atoms with van der Waals surface area (Å²) in [5.41, 5.74) is 6.76. The van der Waals surface area contributed by atoms with Crippen LogP contribution in [0, 0.1) is 0 Å². The molecule has 0 aliphatic carbocycles. The molecule has 0 spiro atoms. The summed E-state index contributed by atoms with van der Waals surface area (Å²) >= 11 is 3.04. The number of nitrogens with one attached hydrogen (secondary N) is 3. The summed E-state index contributed by atoms with van der Waals surface area (Å²) in [6.45, 7) is 6.81. The number of rotatable bonds is 24. The Hall–Kier alpha value is -9.68. The minimum Gasteiger partial charge on any atom is -0.493 e. The minimum absolute atomic E-state index is 0.235. The number of hydrogen-bond acceptors (Lipinski definition) is 19. The molecule has 29 heteroatoms. The van der Waals surface area contributed by atoms with Crippen molar-refractivity contribution in [1.82, 2.24) is 43.4 Å². The highest BCUT2D eigenvalue weighted by atomic mass is 32.2. The van der Waals surface area contributed by atoms with E-state index in [9.17, 15) is 39.6 Å². The molecule has 24 nitrogen and oxygen atoms in total. The van der Waals surface area contributed by atoms with Crippen molar-refractivity contribution in [2.75, 3.05) is 77.2 Å². The van der Waals surface area contributed by atoms with E-state index in [-0.39, 0.29) is 22.9 Å². The number of sulfone groups is 3. The van der Waals surface area contributed by atoms with Crippen LogP contribution in [0.1, 0.15) is 55.6 Å². The van der Waals surface area contributed by atoms with Crippen molar-refractivity contribution in [1.29, 1.82) is 0 Å². The molecule has 0 fully saturated rings. The van der Waals surface area contributed by atoms with E-state index in [0.717, 1.165) is 33.5 Å². The number of para-hydroxylation sites is 3. The Morgan fingerprint density at radius 3 is 1.25 bits per heavy atom. The maximum absolute atomic E-state index is 13.2. The number of thiophene rings is 1. The standard InChI is InChI=1S/C23H24N2O5S2.C22H24N4O5S.C22H23N3O5S2/c1-4-30-20-13-15(10-11-19(20)29-2)18(14-32(3,27)28)25-17-8-5-7-16(21-9-6-12-31-21)22(17)24-23(25)26;1-4-31-20-13-15(9-10-19(20)30-2)18(14-32(3,28)29)26-17-8-5-7-16(21(17)24-22(26)27)25-12-6-11-23-25;1-4-30-19-12-14(8-9-18(19)29-2)17(13-32(3,27)28)25-16-7-5-6-15(20(16)24-22(25)26)21-23-10-11-31-21/h5-13,18H,4,14H2,1-3H3,(H,24,26);5-13,18H,4,14H2,1-3H3,(H,24,27);5-12,17H,4,13H2,1-3H3,(H,24,26)/t2*18-;17-/m000/s1. The lowest BCUT2D eigenvalue weighted by molar-refractivity contribution is 0.310. The smallest absolute Gasteiger partial charge is 0.327 e. The van der Waals surface area contributed by atoms with Crippen LogP contribution < -0.4 is 45.5 Å². The van der Waals surface area contributed by atoms with Crippen molar-refractivity contribution < 1.29 is 53.7 Å². The Bertz CT molecular complexity index is 4730. The van der Waals surface area contributed by atoms with Gasteiger partial charge in [-0.15, -0.1) is 22.7 Å². The van der Waals surface area contributed by atoms with Crippen LogP contribution in [-0.2, 0) is 29.5 Å². The SMILES string of the molecule is CCOc1cc([C@H](CS(C)(=O)=O)n2c(=O)[nH]c3c(-c4cccs4)cccc32)ccc1OC.CCOc1cc([C@H](CS(C)(=O)=O)n2c(=O)[nH]c3c(-c4nccs4)cccc32)ccc1OC.CCOc1cc([C@H](CS(C)(=O)=O)n2c(=O)[nH]c3c(-n4cccn4)cccc32)ccc1OC. The molecule has 3 atom stereocenters. The summed E-state index contributed by atoms with van der Waals surface area (Å²) in [6.07, 6.45) is 8.61. The van der Waals surface area contributed by atoms with E-state index >= 15 is 0 Å². The normalized spacial score (nSPS) is 12.7.